The van der Waals surface area contributed by atoms with E-state index in [9.17, 15) is 9.18 Å². The molecule has 6 heteroatoms. The molecule has 0 spiro atoms. The van der Waals surface area contributed by atoms with Gasteiger partial charge in [-0.25, -0.2) is 4.39 Å². The lowest BCUT2D eigenvalue weighted by Gasteiger charge is -2.34. The third-order valence-corrected chi connectivity index (χ3v) is 6.55. The zero-order valence-electron chi connectivity index (χ0n) is 15.5. The Kier molecular flexibility index (Phi) is 5.57. The van der Waals surface area contributed by atoms with Crippen molar-refractivity contribution in [2.75, 3.05) is 32.8 Å². The van der Waals surface area contributed by atoms with E-state index < -0.39 is 0 Å². The zero-order valence-corrected chi connectivity index (χ0v) is 16.3. The smallest absolute Gasteiger partial charge is 0.223 e. The number of benzene rings is 1. The van der Waals surface area contributed by atoms with Crippen LogP contribution in [-0.2, 0) is 9.53 Å². The predicted octanol–water partition coefficient (Wildman–Crippen LogP) is 3.49. The Hall–Kier alpha value is -1.76. The molecule has 2 aromatic rings. The van der Waals surface area contributed by atoms with Gasteiger partial charge in [0.05, 0.1) is 19.3 Å². The summed E-state index contributed by atoms with van der Waals surface area (Å²) in [4.78, 5) is 17.6. The van der Waals surface area contributed by atoms with E-state index in [0.717, 1.165) is 38.3 Å². The summed E-state index contributed by atoms with van der Waals surface area (Å²) in [7, 11) is 0. The number of aryl methyl sites for hydroxylation is 1. The van der Waals surface area contributed by atoms with Crippen molar-refractivity contribution in [2.45, 2.75) is 25.3 Å². The highest BCUT2D eigenvalue weighted by molar-refractivity contribution is 7.12. The molecule has 1 aliphatic heterocycles. The Morgan fingerprint density at radius 1 is 1.33 bits per heavy atom. The van der Waals surface area contributed by atoms with Crippen molar-refractivity contribution < 1.29 is 13.9 Å². The lowest BCUT2D eigenvalue weighted by molar-refractivity contribution is -0.122. The minimum Gasteiger partial charge on any atom is -0.379 e. The average molecular weight is 389 g/mol. The predicted molar refractivity (Wildman–Crippen MR) is 104 cm³/mol. The fourth-order valence-electron chi connectivity index (χ4n) is 3.85. The number of halogens is 1. The fraction of sp³-hybridized carbons (Fsp3) is 0.476. The van der Waals surface area contributed by atoms with Gasteiger partial charge in [-0.15, -0.1) is 11.3 Å². The van der Waals surface area contributed by atoms with Gasteiger partial charge in [-0.2, -0.15) is 0 Å². The van der Waals surface area contributed by atoms with Crippen LogP contribution in [0.5, 0.6) is 0 Å². The standard InChI is InChI=1S/C21H25FN2O2S/c1-14-5-6-20(27-14)19(24-7-9-26-10-8-24)13-23-21(25)18-12-17(18)15-3-2-4-16(22)11-15/h2-6,11,17-19H,7-10,12-13H2,1H3,(H,23,25)/t17-,18+,19+/m1/s1. The van der Waals surface area contributed by atoms with Crippen molar-refractivity contribution in [1.82, 2.24) is 10.2 Å². The lowest BCUT2D eigenvalue weighted by Crippen LogP contribution is -2.43. The van der Waals surface area contributed by atoms with E-state index >= 15 is 0 Å². The Morgan fingerprint density at radius 2 is 2.15 bits per heavy atom. The van der Waals surface area contributed by atoms with Gasteiger partial charge in [0.25, 0.3) is 0 Å². The monoisotopic (exact) mass is 388 g/mol. The number of nitrogens with zero attached hydrogens (tertiary/aromatic N) is 1. The molecule has 1 saturated heterocycles. The number of thiophene rings is 1. The van der Waals surface area contributed by atoms with Gasteiger partial charge in [0, 0.05) is 35.3 Å². The molecule has 144 valence electrons. The van der Waals surface area contributed by atoms with E-state index in [0.29, 0.717) is 6.54 Å². The van der Waals surface area contributed by atoms with Crippen LogP contribution in [0.4, 0.5) is 4.39 Å². The highest BCUT2D eigenvalue weighted by Gasteiger charge is 2.44. The molecule has 2 heterocycles. The number of nitrogens with one attached hydrogen (secondary N) is 1. The summed E-state index contributed by atoms with van der Waals surface area (Å²) >= 11 is 1.79. The van der Waals surface area contributed by atoms with E-state index in [1.54, 1.807) is 23.5 Å². The molecule has 1 aliphatic carbocycles. The molecule has 3 atom stereocenters. The average Bonchev–Trinajstić information content (AvgIpc) is 3.38. The first-order valence-electron chi connectivity index (χ1n) is 9.53. The first kappa shape index (κ1) is 18.6. The number of morpholine rings is 1. The van der Waals surface area contributed by atoms with Gasteiger partial charge in [0.1, 0.15) is 5.82 Å². The van der Waals surface area contributed by atoms with Gasteiger partial charge in [0.2, 0.25) is 5.91 Å². The second kappa shape index (κ2) is 8.09. The van der Waals surface area contributed by atoms with Crippen molar-refractivity contribution >= 4 is 17.2 Å². The molecule has 2 fully saturated rings. The Labute approximate surface area is 163 Å². The number of carbonyl (C=O) groups excluding carboxylic acids is 1. The molecule has 1 amide bonds. The van der Waals surface area contributed by atoms with Crippen LogP contribution < -0.4 is 5.32 Å². The van der Waals surface area contributed by atoms with Crippen LogP contribution in [0.2, 0.25) is 0 Å². The summed E-state index contributed by atoms with van der Waals surface area (Å²) in [6.07, 6.45) is 0.801. The first-order chi connectivity index (χ1) is 13.1. The summed E-state index contributed by atoms with van der Waals surface area (Å²) in [5.74, 6) is -0.0523. The number of carbonyl (C=O) groups is 1. The van der Waals surface area contributed by atoms with Crippen LogP contribution in [0.1, 0.15) is 33.7 Å². The highest BCUT2D eigenvalue weighted by Crippen LogP contribution is 2.47. The van der Waals surface area contributed by atoms with Gasteiger partial charge in [0.15, 0.2) is 0 Å². The van der Waals surface area contributed by atoms with E-state index in [4.69, 9.17) is 4.74 Å². The van der Waals surface area contributed by atoms with E-state index in [-0.39, 0.29) is 29.6 Å². The quantitative estimate of drug-likeness (QED) is 0.824. The van der Waals surface area contributed by atoms with E-state index in [2.05, 4.69) is 29.3 Å². The second-order valence-electron chi connectivity index (χ2n) is 7.36. The Balaban J connectivity index is 1.38. The Morgan fingerprint density at radius 3 is 2.85 bits per heavy atom. The van der Waals surface area contributed by atoms with Gasteiger partial charge < -0.3 is 10.1 Å². The molecule has 27 heavy (non-hydrogen) atoms. The lowest BCUT2D eigenvalue weighted by atomic mass is 10.1. The Bertz CT molecular complexity index is 803. The topological polar surface area (TPSA) is 41.6 Å². The number of hydrogen-bond donors (Lipinski definition) is 1. The van der Waals surface area contributed by atoms with Crippen molar-refractivity contribution in [3.05, 3.63) is 57.5 Å². The summed E-state index contributed by atoms with van der Waals surface area (Å²) in [5, 5.41) is 3.16. The summed E-state index contributed by atoms with van der Waals surface area (Å²) in [6.45, 7) is 5.94. The van der Waals surface area contributed by atoms with Crippen LogP contribution >= 0.6 is 11.3 Å². The van der Waals surface area contributed by atoms with Gasteiger partial charge in [-0.1, -0.05) is 12.1 Å². The fourth-order valence-corrected chi connectivity index (χ4v) is 4.86. The molecule has 4 nitrogen and oxygen atoms in total. The second-order valence-corrected chi connectivity index (χ2v) is 8.68. The van der Waals surface area contributed by atoms with Crippen molar-refractivity contribution in [2.24, 2.45) is 5.92 Å². The van der Waals surface area contributed by atoms with Gasteiger partial charge in [-0.3, -0.25) is 9.69 Å². The SMILES string of the molecule is Cc1ccc([C@H](CNC(=O)[C@H]2C[C@@H]2c2cccc(F)c2)N2CCOCC2)s1. The van der Waals surface area contributed by atoms with Crippen molar-refractivity contribution in [3.8, 4) is 0 Å². The molecule has 0 unspecified atom stereocenters. The molecule has 1 aromatic carbocycles. The van der Waals surface area contributed by atoms with Crippen molar-refractivity contribution in [3.63, 3.8) is 0 Å². The highest BCUT2D eigenvalue weighted by atomic mass is 32.1. The third-order valence-electron chi connectivity index (χ3n) is 5.45. The number of rotatable bonds is 6. The largest absolute Gasteiger partial charge is 0.379 e. The number of hydrogen-bond acceptors (Lipinski definition) is 4. The van der Waals surface area contributed by atoms with Crippen LogP contribution in [-0.4, -0.2) is 43.7 Å². The summed E-state index contributed by atoms with van der Waals surface area (Å²) < 4.78 is 18.9. The van der Waals surface area contributed by atoms with Crippen LogP contribution in [0.3, 0.4) is 0 Å². The van der Waals surface area contributed by atoms with Crippen LogP contribution in [0, 0.1) is 18.7 Å². The van der Waals surface area contributed by atoms with E-state index in [1.807, 2.05) is 6.07 Å². The molecule has 4 rings (SSSR count). The molecule has 2 aliphatic rings. The molecular formula is C21H25FN2O2S. The van der Waals surface area contributed by atoms with Crippen molar-refractivity contribution in [1.29, 1.82) is 0 Å². The van der Waals surface area contributed by atoms with E-state index in [1.165, 1.54) is 15.8 Å². The molecule has 0 radical (unpaired) electrons. The molecule has 0 bridgehead atoms. The van der Waals surface area contributed by atoms with Crippen LogP contribution in [0.15, 0.2) is 36.4 Å². The molecule has 1 aromatic heterocycles. The third kappa shape index (κ3) is 4.39. The molecule has 1 N–H and O–H groups in total. The zero-order chi connectivity index (χ0) is 18.8. The maximum atomic E-state index is 13.4. The number of ether oxygens (including phenoxy) is 1. The maximum absolute atomic E-state index is 13.4. The molecule has 1 saturated carbocycles. The minimum atomic E-state index is -0.237. The van der Waals surface area contributed by atoms with Gasteiger partial charge in [-0.05, 0) is 49.1 Å². The summed E-state index contributed by atoms with van der Waals surface area (Å²) in [5.41, 5.74) is 0.925. The van der Waals surface area contributed by atoms with Crippen LogP contribution in [0.25, 0.3) is 0 Å². The molecular weight excluding hydrogens is 363 g/mol. The first-order valence-corrected chi connectivity index (χ1v) is 10.3. The number of amides is 1. The van der Waals surface area contributed by atoms with Gasteiger partial charge >= 0.3 is 0 Å². The minimum absolute atomic E-state index is 0.0396. The summed E-state index contributed by atoms with van der Waals surface area (Å²) in [6, 6.07) is 11.1. The normalized spacial score (nSPS) is 23.8. The maximum Gasteiger partial charge on any atom is 0.223 e.